The van der Waals surface area contributed by atoms with Crippen molar-refractivity contribution in [3.63, 3.8) is 0 Å². The molecular formula is C44H71N13O15. The number of amides is 9. The average molecular weight is 1020 g/mol. The highest BCUT2D eigenvalue weighted by molar-refractivity contribution is 5.98. The maximum Gasteiger partial charge on any atom is 0.326 e. The molecule has 20 N–H and O–H groups in total. The van der Waals surface area contributed by atoms with E-state index in [9.17, 15) is 73.2 Å². The largest absolute Gasteiger partial charge is 0.508 e. The summed E-state index contributed by atoms with van der Waals surface area (Å²) in [5, 5.41) is 58.1. The molecule has 0 aliphatic carbocycles. The number of guanidine groups is 1. The van der Waals surface area contributed by atoms with Crippen LogP contribution in [-0.4, -0.2) is 159 Å². The number of carboxylic acids is 2. The molecule has 0 saturated carbocycles. The van der Waals surface area contributed by atoms with E-state index in [0.29, 0.717) is 5.56 Å². The van der Waals surface area contributed by atoms with Crippen molar-refractivity contribution in [2.24, 2.45) is 39.8 Å². The summed E-state index contributed by atoms with van der Waals surface area (Å²) >= 11 is 0. The quantitative estimate of drug-likeness (QED) is 0.0182. The van der Waals surface area contributed by atoms with Crippen LogP contribution in [0.3, 0.4) is 0 Å². The summed E-state index contributed by atoms with van der Waals surface area (Å²) in [4.78, 5) is 146. The van der Waals surface area contributed by atoms with Crippen LogP contribution in [0.4, 0.5) is 0 Å². The molecule has 1 aromatic rings. The monoisotopic (exact) mass is 1020 g/mol. The molecule has 0 unspecified atom stereocenters. The molecule has 0 aliphatic rings. The fourth-order valence-corrected chi connectivity index (χ4v) is 6.52. The molecule has 0 aliphatic heterocycles. The molecule has 72 heavy (non-hydrogen) atoms. The molecule has 28 nitrogen and oxygen atoms in total. The number of hydrogen-bond donors (Lipinski definition) is 16. The average Bonchev–Trinajstić information content (AvgIpc) is 3.28. The van der Waals surface area contributed by atoms with Gasteiger partial charge in [0.2, 0.25) is 53.2 Å². The zero-order chi connectivity index (χ0) is 55.0. The van der Waals surface area contributed by atoms with Gasteiger partial charge < -0.3 is 85.9 Å². The van der Waals surface area contributed by atoms with E-state index >= 15 is 0 Å². The number of carbonyl (C=O) groups excluding carboxylic acids is 9. The Labute approximate surface area is 415 Å². The smallest absolute Gasteiger partial charge is 0.326 e. The number of phenolic OH excluding ortho intramolecular Hbond substituents is 1. The van der Waals surface area contributed by atoms with Gasteiger partial charge in [-0.3, -0.25) is 52.9 Å². The Hall–Kier alpha value is -7.62. The first-order chi connectivity index (χ1) is 33.5. The van der Waals surface area contributed by atoms with E-state index in [1.54, 1.807) is 27.7 Å². The number of aliphatic hydroxyl groups excluding tert-OH is 1. The van der Waals surface area contributed by atoms with E-state index < -0.39 is 164 Å². The van der Waals surface area contributed by atoms with Crippen molar-refractivity contribution >= 4 is 71.1 Å². The number of carboxylic acid groups (broad SMARTS) is 2. The van der Waals surface area contributed by atoms with Crippen LogP contribution in [0.5, 0.6) is 5.75 Å². The molecule has 0 fully saturated rings. The van der Waals surface area contributed by atoms with Gasteiger partial charge in [-0.15, -0.1) is 0 Å². The number of aromatic hydroxyl groups is 1. The van der Waals surface area contributed by atoms with Gasteiger partial charge in [-0.05, 0) is 69.1 Å². The van der Waals surface area contributed by atoms with Crippen LogP contribution in [-0.2, 0) is 59.2 Å². The minimum Gasteiger partial charge on any atom is -0.508 e. The Morgan fingerprint density at radius 1 is 0.569 bits per heavy atom. The number of carbonyl (C=O) groups is 11. The van der Waals surface area contributed by atoms with Gasteiger partial charge >= 0.3 is 11.9 Å². The number of rotatable bonds is 32. The molecular weight excluding hydrogens is 951 g/mol. The summed E-state index contributed by atoms with van der Waals surface area (Å²) in [7, 11) is 0. The zero-order valence-electron chi connectivity index (χ0n) is 41.1. The summed E-state index contributed by atoms with van der Waals surface area (Å²) < 4.78 is 0. The van der Waals surface area contributed by atoms with Crippen LogP contribution in [0.25, 0.3) is 0 Å². The number of nitrogens with two attached hydrogens (primary N) is 4. The van der Waals surface area contributed by atoms with Gasteiger partial charge in [0.25, 0.3) is 0 Å². The first-order valence-corrected chi connectivity index (χ1v) is 22.9. The lowest BCUT2D eigenvalue weighted by molar-refractivity contribution is -0.143. The van der Waals surface area contributed by atoms with Gasteiger partial charge in [0.05, 0.1) is 18.7 Å². The second-order valence-corrected chi connectivity index (χ2v) is 17.6. The number of aliphatic imine (C=N–C) groups is 1. The number of hydrogen-bond acceptors (Lipinski definition) is 15. The van der Waals surface area contributed by atoms with Crippen molar-refractivity contribution in [2.75, 3.05) is 13.1 Å². The third kappa shape index (κ3) is 23.3. The fraction of sp³-hybridized carbons (Fsp3) is 0.591. The molecule has 0 bridgehead atoms. The number of aliphatic hydroxyl groups is 1. The standard InChI is InChI=1S/C44H71N13O15/c1-20(2)33(55-41(69)34(21(3)4)56-42(70)35(23(6)58)57-36(64)22(5)45)40(68)54-29(18-24-9-11-25(59)12-10-24)39(67)52-26(13-15-30(46)60)37(65)50-19-31(61)51-27(14-16-32(62)63)38(66)53-28(43(71)72)8-7-17-49-44(47)48/h9-12,20-23,26-29,33-35,58-59H,7-8,13-19,45H2,1-6H3,(H2,46,60)(H,50,65)(H,51,61)(H,52,67)(H,53,66)(H,54,68)(H,55,69)(H,56,70)(H,57,64)(H,62,63)(H,71,72)(H4,47,48,49)/t22-,23+,26-,27-,28-,29-,33-,34-,35-/m0/s1. The Balaban J connectivity index is 3.40. The molecule has 0 heterocycles. The molecule has 9 atom stereocenters. The van der Waals surface area contributed by atoms with E-state index in [4.69, 9.17) is 22.9 Å². The van der Waals surface area contributed by atoms with Crippen molar-refractivity contribution in [2.45, 2.75) is 141 Å². The summed E-state index contributed by atoms with van der Waals surface area (Å²) in [6.45, 7) is 8.06. The zero-order valence-corrected chi connectivity index (χ0v) is 41.1. The lowest BCUT2D eigenvalue weighted by Crippen LogP contribution is -2.62. The van der Waals surface area contributed by atoms with E-state index in [1.165, 1.54) is 38.1 Å². The van der Waals surface area contributed by atoms with Gasteiger partial charge in [-0.25, -0.2) is 4.79 Å². The molecule has 402 valence electrons. The van der Waals surface area contributed by atoms with E-state index in [0.717, 1.165) is 0 Å². The Bertz CT molecular complexity index is 2100. The third-order valence-corrected chi connectivity index (χ3v) is 10.6. The van der Waals surface area contributed by atoms with Gasteiger partial charge in [0.15, 0.2) is 5.96 Å². The number of primary amides is 1. The first kappa shape index (κ1) is 62.4. The van der Waals surface area contributed by atoms with E-state index in [-0.39, 0.29) is 37.5 Å². The molecule has 28 heteroatoms. The normalized spacial score (nSPS) is 14.8. The van der Waals surface area contributed by atoms with E-state index in [2.05, 4.69) is 47.5 Å². The van der Waals surface area contributed by atoms with Crippen molar-refractivity contribution in [3.8, 4) is 5.75 Å². The maximum atomic E-state index is 14.1. The Morgan fingerprint density at radius 2 is 1.04 bits per heavy atom. The third-order valence-electron chi connectivity index (χ3n) is 10.6. The predicted octanol–water partition coefficient (Wildman–Crippen LogP) is -5.25. The molecule has 1 rings (SSSR count). The second kappa shape index (κ2) is 30.9. The lowest BCUT2D eigenvalue weighted by Gasteiger charge is -2.30. The predicted molar refractivity (Wildman–Crippen MR) is 256 cm³/mol. The van der Waals surface area contributed by atoms with Gasteiger partial charge in [-0.2, -0.15) is 0 Å². The van der Waals surface area contributed by atoms with Gasteiger partial charge in [-0.1, -0.05) is 39.8 Å². The number of nitrogens with zero attached hydrogens (tertiary/aromatic N) is 1. The highest BCUT2D eigenvalue weighted by atomic mass is 16.4. The van der Waals surface area contributed by atoms with Crippen molar-refractivity contribution in [1.82, 2.24) is 42.5 Å². The van der Waals surface area contributed by atoms with Crippen molar-refractivity contribution < 1.29 is 73.2 Å². The SMILES string of the molecule is CC(C)[C@H](NC(=O)[C@@H](NC(=O)[C@@H](NC(=O)[C@H](C)N)[C@@H](C)O)C(C)C)C(=O)N[C@@H](Cc1ccc(O)cc1)C(=O)N[C@@H](CCC(N)=O)C(=O)NCC(=O)N[C@@H](CCC(=O)O)C(=O)N[C@@H](CCCN=C(N)N)C(=O)O. The number of benzene rings is 1. The van der Waals surface area contributed by atoms with Crippen molar-refractivity contribution in [3.05, 3.63) is 29.8 Å². The number of aliphatic carboxylic acids is 2. The molecule has 0 radical (unpaired) electrons. The van der Waals surface area contributed by atoms with Crippen LogP contribution in [0.2, 0.25) is 0 Å². The minimum atomic E-state index is -1.61. The maximum absolute atomic E-state index is 14.1. The van der Waals surface area contributed by atoms with Crippen LogP contribution in [0.1, 0.15) is 85.6 Å². The van der Waals surface area contributed by atoms with Crippen LogP contribution >= 0.6 is 0 Å². The molecule has 0 spiro atoms. The second-order valence-electron chi connectivity index (χ2n) is 17.6. The van der Waals surface area contributed by atoms with Crippen LogP contribution in [0.15, 0.2) is 29.3 Å². The number of phenols is 1. The van der Waals surface area contributed by atoms with Gasteiger partial charge in [0.1, 0.15) is 48.0 Å². The lowest BCUT2D eigenvalue weighted by atomic mass is 9.98. The summed E-state index contributed by atoms with van der Waals surface area (Å²) in [5.41, 5.74) is 21.9. The van der Waals surface area contributed by atoms with Crippen LogP contribution < -0.4 is 65.5 Å². The highest BCUT2D eigenvalue weighted by Crippen LogP contribution is 2.14. The summed E-state index contributed by atoms with van der Waals surface area (Å²) in [6.07, 6.45) is -3.76. The Morgan fingerprint density at radius 3 is 1.53 bits per heavy atom. The summed E-state index contributed by atoms with van der Waals surface area (Å²) in [6, 6.07) is -5.99. The molecule has 0 saturated heterocycles. The summed E-state index contributed by atoms with van der Waals surface area (Å²) in [5.74, 6) is -13.0. The topological polar surface area (TPSA) is 481 Å². The molecule has 9 amide bonds. The van der Waals surface area contributed by atoms with Crippen molar-refractivity contribution in [1.29, 1.82) is 0 Å². The Kier molecular flexibility index (Phi) is 26.8. The highest BCUT2D eigenvalue weighted by Gasteiger charge is 2.36. The first-order valence-electron chi connectivity index (χ1n) is 22.9. The van der Waals surface area contributed by atoms with Crippen LogP contribution in [0, 0.1) is 11.8 Å². The fourth-order valence-electron chi connectivity index (χ4n) is 6.52. The van der Waals surface area contributed by atoms with E-state index in [1.807, 2.05) is 0 Å². The van der Waals surface area contributed by atoms with Gasteiger partial charge in [0, 0.05) is 25.8 Å². The minimum absolute atomic E-state index is 0.0327. The molecule has 0 aromatic heterocycles. The molecule has 1 aromatic carbocycles. The number of nitrogens with one attached hydrogen (secondary N) is 8.